The van der Waals surface area contributed by atoms with E-state index in [0.717, 1.165) is 12.1 Å². The Hall–Kier alpha value is -2.83. The molecule has 0 bridgehead atoms. The van der Waals surface area contributed by atoms with Crippen molar-refractivity contribution in [3.8, 4) is 5.75 Å². The maximum absolute atomic E-state index is 13.1. The van der Waals surface area contributed by atoms with Gasteiger partial charge in [-0.25, -0.2) is 12.8 Å². The van der Waals surface area contributed by atoms with Crippen LogP contribution in [-0.4, -0.2) is 60.9 Å². The van der Waals surface area contributed by atoms with E-state index in [1.165, 1.54) is 41.7 Å². The fourth-order valence-corrected chi connectivity index (χ4v) is 4.69. The molecule has 1 N–H and O–H groups in total. The number of nitro groups is 1. The summed E-state index contributed by atoms with van der Waals surface area (Å²) >= 11 is 5.40. The summed E-state index contributed by atoms with van der Waals surface area (Å²) in [6, 6.07) is 8.82. The van der Waals surface area contributed by atoms with E-state index in [1.807, 2.05) is 0 Å². The Morgan fingerprint density at radius 1 is 1.17 bits per heavy atom. The lowest BCUT2D eigenvalue weighted by atomic mass is 10.2. The molecule has 0 aliphatic carbocycles. The summed E-state index contributed by atoms with van der Waals surface area (Å²) in [4.78, 5) is 12.2. The summed E-state index contributed by atoms with van der Waals surface area (Å²) in [6.07, 6.45) is 0. The van der Waals surface area contributed by atoms with E-state index in [9.17, 15) is 22.9 Å². The summed E-state index contributed by atoms with van der Waals surface area (Å²) in [5.74, 6) is -0.235. The van der Waals surface area contributed by atoms with Gasteiger partial charge in [-0.1, -0.05) is 0 Å². The Morgan fingerprint density at radius 2 is 1.80 bits per heavy atom. The molecule has 9 nitrogen and oxygen atoms in total. The van der Waals surface area contributed by atoms with Gasteiger partial charge in [0.05, 0.1) is 28.7 Å². The number of halogens is 1. The minimum Gasteiger partial charge on any atom is -0.494 e. The number of anilines is 1. The van der Waals surface area contributed by atoms with Crippen molar-refractivity contribution in [2.75, 3.05) is 38.6 Å². The molecule has 0 amide bonds. The average molecular weight is 455 g/mol. The second-order valence-electron chi connectivity index (χ2n) is 6.42. The quantitative estimate of drug-likeness (QED) is 0.417. The number of rotatable bonds is 5. The highest BCUT2D eigenvalue weighted by Crippen LogP contribution is 2.29. The Kier molecular flexibility index (Phi) is 6.48. The van der Waals surface area contributed by atoms with Crippen LogP contribution in [0.1, 0.15) is 0 Å². The number of sulfonamides is 1. The molecule has 0 saturated carbocycles. The molecular weight excluding hydrogens is 435 g/mol. The topological polar surface area (TPSA) is 105 Å². The second-order valence-corrected chi connectivity index (χ2v) is 8.74. The lowest BCUT2D eigenvalue weighted by Gasteiger charge is -2.35. The predicted molar refractivity (Wildman–Crippen MR) is 113 cm³/mol. The van der Waals surface area contributed by atoms with Crippen molar-refractivity contribution in [3.05, 3.63) is 58.4 Å². The summed E-state index contributed by atoms with van der Waals surface area (Å²) in [5, 5.41) is 14.2. The van der Waals surface area contributed by atoms with Gasteiger partial charge in [-0.2, -0.15) is 4.31 Å². The number of nitro benzene ring substituents is 1. The SMILES string of the molecule is COc1cc([N+](=O)[O-])ccc1NC(=S)N1CCN(S(=O)(=O)c2ccc(F)cc2)CC1. The van der Waals surface area contributed by atoms with Crippen LogP contribution >= 0.6 is 12.2 Å². The third-order valence-corrected chi connectivity index (χ3v) is 6.89. The van der Waals surface area contributed by atoms with E-state index in [0.29, 0.717) is 23.9 Å². The zero-order valence-corrected chi connectivity index (χ0v) is 17.6. The van der Waals surface area contributed by atoms with Gasteiger partial charge in [-0.05, 0) is 42.5 Å². The van der Waals surface area contributed by atoms with Crippen molar-refractivity contribution >= 4 is 38.7 Å². The van der Waals surface area contributed by atoms with Crippen molar-refractivity contribution in [1.82, 2.24) is 9.21 Å². The highest BCUT2D eigenvalue weighted by atomic mass is 32.2. The normalized spacial score (nSPS) is 14.9. The van der Waals surface area contributed by atoms with E-state index in [2.05, 4.69) is 5.32 Å². The van der Waals surface area contributed by atoms with Gasteiger partial charge in [0.15, 0.2) is 5.11 Å². The van der Waals surface area contributed by atoms with E-state index < -0.39 is 20.8 Å². The first-order chi connectivity index (χ1) is 14.2. The third kappa shape index (κ3) is 4.66. The summed E-state index contributed by atoms with van der Waals surface area (Å²) in [6.45, 7) is 1.11. The molecule has 2 aromatic carbocycles. The van der Waals surface area contributed by atoms with Crippen molar-refractivity contribution in [1.29, 1.82) is 0 Å². The van der Waals surface area contributed by atoms with E-state index in [1.54, 1.807) is 4.90 Å². The van der Waals surface area contributed by atoms with Gasteiger partial charge in [-0.3, -0.25) is 10.1 Å². The molecule has 1 aliphatic rings. The van der Waals surface area contributed by atoms with Gasteiger partial charge in [-0.15, -0.1) is 0 Å². The average Bonchev–Trinajstić information content (AvgIpc) is 2.74. The molecule has 2 aromatic rings. The van der Waals surface area contributed by atoms with Gasteiger partial charge >= 0.3 is 0 Å². The zero-order valence-electron chi connectivity index (χ0n) is 15.9. The molecule has 0 unspecified atom stereocenters. The van der Waals surface area contributed by atoms with Crippen LogP contribution in [0.4, 0.5) is 15.8 Å². The molecule has 160 valence electrons. The summed E-state index contributed by atoms with van der Waals surface area (Å²) in [5.41, 5.74) is 0.359. The molecule has 1 aliphatic heterocycles. The largest absolute Gasteiger partial charge is 0.494 e. The van der Waals surface area contributed by atoms with Crippen LogP contribution in [0.5, 0.6) is 5.75 Å². The lowest BCUT2D eigenvalue weighted by molar-refractivity contribution is -0.384. The first-order valence-electron chi connectivity index (χ1n) is 8.86. The fraction of sp³-hybridized carbons (Fsp3) is 0.278. The Morgan fingerprint density at radius 3 is 2.37 bits per heavy atom. The molecule has 30 heavy (non-hydrogen) atoms. The Labute approximate surface area is 178 Å². The number of ether oxygens (including phenoxy) is 1. The standard InChI is InChI=1S/C18H19FN4O5S2/c1-28-17-12-14(23(24)25)4-7-16(17)20-18(29)21-8-10-22(11-9-21)30(26,27)15-5-2-13(19)3-6-15/h2-7,12H,8-11H2,1H3,(H,20,29). The van der Waals surface area contributed by atoms with Crippen LogP contribution in [0, 0.1) is 15.9 Å². The molecule has 1 heterocycles. The Balaban J connectivity index is 1.64. The first kappa shape index (κ1) is 21.9. The van der Waals surface area contributed by atoms with E-state index >= 15 is 0 Å². The number of hydrogen-bond acceptors (Lipinski definition) is 6. The number of non-ortho nitro benzene ring substituents is 1. The van der Waals surface area contributed by atoms with Crippen molar-refractivity contribution < 1.29 is 22.5 Å². The van der Waals surface area contributed by atoms with Crippen molar-refractivity contribution in [2.45, 2.75) is 4.90 Å². The van der Waals surface area contributed by atoms with Crippen molar-refractivity contribution in [3.63, 3.8) is 0 Å². The first-order valence-corrected chi connectivity index (χ1v) is 10.7. The number of nitrogens with zero attached hydrogens (tertiary/aromatic N) is 3. The van der Waals surface area contributed by atoms with Crippen LogP contribution in [0.15, 0.2) is 47.4 Å². The zero-order chi connectivity index (χ0) is 21.9. The molecule has 3 rings (SSSR count). The van der Waals surface area contributed by atoms with Crippen LogP contribution in [0.2, 0.25) is 0 Å². The molecule has 0 aromatic heterocycles. The minimum absolute atomic E-state index is 0.0358. The summed E-state index contributed by atoms with van der Waals surface area (Å²) in [7, 11) is -2.32. The summed E-state index contributed by atoms with van der Waals surface area (Å²) < 4.78 is 45.0. The van der Waals surface area contributed by atoms with Crippen molar-refractivity contribution in [2.24, 2.45) is 0 Å². The lowest BCUT2D eigenvalue weighted by Crippen LogP contribution is -2.51. The van der Waals surface area contributed by atoms with E-state index in [-0.39, 0.29) is 29.4 Å². The molecular formula is C18H19FN4O5S2. The molecule has 0 spiro atoms. The minimum atomic E-state index is -3.72. The predicted octanol–water partition coefficient (Wildman–Crippen LogP) is 2.45. The maximum atomic E-state index is 13.1. The monoisotopic (exact) mass is 454 g/mol. The van der Waals surface area contributed by atoms with Gasteiger partial charge in [0.1, 0.15) is 11.6 Å². The number of thiocarbonyl (C=S) groups is 1. The highest BCUT2D eigenvalue weighted by molar-refractivity contribution is 7.89. The molecule has 1 fully saturated rings. The van der Waals surface area contributed by atoms with Crippen LogP contribution in [0.3, 0.4) is 0 Å². The maximum Gasteiger partial charge on any atom is 0.273 e. The van der Waals surface area contributed by atoms with Gasteiger partial charge < -0.3 is 15.0 Å². The molecule has 1 saturated heterocycles. The number of benzene rings is 2. The number of nitrogens with one attached hydrogen (secondary N) is 1. The molecule has 12 heteroatoms. The van der Waals surface area contributed by atoms with Gasteiger partial charge in [0, 0.05) is 32.2 Å². The smallest absolute Gasteiger partial charge is 0.273 e. The van der Waals surface area contributed by atoms with Crippen LogP contribution in [-0.2, 0) is 10.0 Å². The fourth-order valence-electron chi connectivity index (χ4n) is 2.98. The highest BCUT2D eigenvalue weighted by Gasteiger charge is 2.29. The van der Waals surface area contributed by atoms with Gasteiger partial charge in [0.2, 0.25) is 10.0 Å². The van der Waals surface area contributed by atoms with E-state index in [4.69, 9.17) is 17.0 Å². The third-order valence-electron chi connectivity index (χ3n) is 4.61. The second kappa shape index (κ2) is 8.90. The number of piperazine rings is 1. The molecule has 0 atom stereocenters. The van der Waals surface area contributed by atoms with Gasteiger partial charge in [0.25, 0.3) is 5.69 Å². The van der Waals surface area contributed by atoms with Crippen LogP contribution in [0.25, 0.3) is 0 Å². The van der Waals surface area contributed by atoms with Crippen LogP contribution < -0.4 is 10.1 Å². The number of hydrogen-bond donors (Lipinski definition) is 1. The number of methoxy groups -OCH3 is 1. The molecule has 0 radical (unpaired) electrons. The Bertz CT molecular complexity index is 1050.